The molecule has 1 aliphatic rings. The van der Waals surface area contributed by atoms with E-state index in [0.29, 0.717) is 13.0 Å². The average Bonchev–Trinajstić information content (AvgIpc) is 2.61. The summed E-state index contributed by atoms with van der Waals surface area (Å²) in [6.45, 7) is 0.313. The summed E-state index contributed by atoms with van der Waals surface area (Å²) in [5, 5.41) is 0. The van der Waals surface area contributed by atoms with Gasteiger partial charge in [0.15, 0.2) is 0 Å². The van der Waals surface area contributed by atoms with Crippen LogP contribution in [0.2, 0.25) is 0 Å². The minimum Gasteiger partial charge on any atom is -0.446 e. The highest BCUT2D eigenvalue weighted by Gasteiger charge is 2.35. The van der Waals surface area contributed by atoms with Gasteiger partial charge in [0.2, 0.25) is 0 Å². The predicted molar refractivity (Wildman–Crippen MR) is 61.2 cm³/mol. The monoisotopic (exact) mass is 239 g/mol. The van der Waals surface area contributed by atoms with Crippen molar-refractivity contribution in [3.8, 4) is 0 Å². The fraction of sp³-hybridized carbons (Fsp3) is 0.364. The van der Waals surface area contributed by atoms with E-state index in [-0.39, 0.29) is 6.04 Å². The SMILES string of the molecule is CS(=O)N1C(=O)OC[C@@H]1Cc1ccccc1. The van der Waals surface area contributed by atoms with Crippen LogP contribution in [0.25, 0.3) is 0 Å². The number of nitrogens with zero attached hydrogens (tertiary/aromatic N) is 1. The first-order valence-corrected chi connectivity index (χ1v) is 6.53. The molecule has 1 amide bonds. The summed E-state index contributed by atoms with van der Waals surface area (Å²) in [7, 11) is -1.32. The Balaban J connectivity index is 2.10. The van der Waals surface area contributed by atoms with Crippen molar-refractivity contribution in [1.29, 1.82) is 0 Å². The van der Waals surface area contributed by atoms with Gasteiger partial charge in [0.1, 0.15) is 17.6 Å². The Morgan fingerprint density at radius 2 is 2.12 bits per heavy atom. The van der Waals surface area contributed by atoms with Crippen LogP contribution in [0.1, 0.15) is 5.56 Å². The summed E-state index contributed by atoms with van der Waals surface area (Å²) in [5.74, 6) is 0. The molecule has 1 fully saturated rings. The summed E-state index contributed by atoms with van der Waals surface area (Å²) < 4.78 is 17.6. The lowest BCUT2D eigenvalue weighted by molar-refractivity contribution is 0.170. The van der Waals surface area contributed by atoms with Crippen LogP contribution in [0.3, 0.4) is 0 Å². The van der Waals surface area contributed by atoms with E-state index in [1.807, 2.05) is 30.3 Å². The minimum absolute atomic E-state index is 0.124. The van der Waals surface area contributed by atoms with Crippen molar-refractivity contribution in [2.45, 2.75) is 12.5 Å². The second-order valence-electron chi connectivity index (χ2n) is 3.67. The van der Waals surface area contributed by atoms with E-state index in [4.69, 9.17) is 4.74 Å². The molecule has 1 aliphatic heterocycles. The highest BCUT2D eigenvalue weighted by Crippen LogP contribution is 2.18. The summed E-state index contributed by atoms with van der Waals surface area (Å²) in [6, 6.07) is 9.68. The van der Waals surface area contributed by atoms with Crippen molar-refractivity contribution in [3.05, 3.63) is 35.9 Å². The van der Waals surface area contributed by atoms with Gasteiger partial charge in [-0.3, -0.25) is 0 Å². The number of cyclic esters (lactones) is 1. The number of benzene rings is 1. The molecule has 86 valence electrons. The van der Waals surface area contributed by atoms with Crippen LogP contribution in [0.15, 0.2) is 30.3 Å². The molecule has 1 saturated heterocycles. The number of carbonyl (C=O) groups is 1. The largest absolute Gasteiger partial charge is 0.446 e. The Kier molecular flexibility index (Phi) is 3.24. The van der Waals surface area contributed by atoms with E-state index in [9.17, 15) is 9.00 Å². The fourth-order valence-corrected chi connectivity index (χ4v) is 2.61. The van der Waals surface area contributed by atoms with Gasteiger partial charge in [-0.25, -0.2) is 13.3 Å². The lowest BCUT2D eigenvalue weighted by Gasteiger charge is -2.17. The zero-order chi connectivity index (χ0) is 11.5. The van der Waals surface area contributed by atoms with Crippen LogP contribution in [0.5, 0.6) is 0 Å². The molecule has 16 heavy (non-hydrogen) atoms. The molecular weight excluding hydrogens is 226 g/mol. The molecule has 0 N–H and O–H groups in total. The first-order valence-electron chi connectivity index (χ1n) is 5.02. The molecule has 0 aromatic heterocycles. The normalized spacial score (nSPS) is 21.9. The molecule has 1 aromatic rings. The number of amides is 1. The van der Waals surface area contributed by atoms with Crippen molar-refractivity contribution in [2.24, 2.45) is 0 Å². The molecule has 4 nitrogen and oxygen atoms in total. The number of ether oxygens (including phenoxy) is 1. The first kappa shape index (κ1) is 11.1. The van der Waals surface area contributed by atoms with Crippen LogP contribution in [0, 0.1) is 0 Å². The second-order valence-corrected chi connectivity index (χ2v) is 4.91. The third-order valence-corrected chi connectivity index (χ3v) is 3.50. The maximum absolute atomic E-state index is 11.4. The summed E-state index contributed by atoms with van der Waals surface area (Å²) in [6.07, 6.45) is 1.68. The van der Waals surface area contributed by atoms with Gasteiger partial charge in [0, 0.05) is 6.26 Å². The molecule has 0 radical (unpaired) electrons. The number of carbonyl (C=O) groups excluding carboxylic acids is 1. The van der Waals surface area contributed by atoms with Crippen LogP contribution < -0.4 is 0 Å². The van der Waals surface area contributed by atoms with E-state index in [1.54, 1.807) is 0 Å². The zero-order valence-corrected chi connectivity index (χ0v) is 9.78. The summed E-state index contributed by atoms with van der Waals surface area (Å²) in [4.78, 5) is 11.3. The quantitative estimate of drug-likeness (QED) is 0.799. The predicted octanol–water partition coefficient (Wildman–Crippen LogP) is 1.34. The van der Waals surface area contributed by atoms with Crippen molar-refractivity contribution < 1.29 is 13.7 Å². The van der Waals surface area contributed by atoms with E-state index < -0.39 is 17.1 Å². The molecular formula is C11H13NO3S. The Labute approximate surface area is 96.8 Å². The molecule has 0 spiro atoms. The van der Waals surface area contributed by atoms with Crippen molar-refractivity contribution in [1.82, 2.24) is 4.31 Å². The van der Waals surface area contributed by atoms with Gasteiger partial charge in [0.05, 0.1) is 6.04 Å². The van der Waals surface area contributed by atoms with Crippen LogP contribution >= 0.6 is 0 Å². The molecule has 0 saturated carbocycles. The van der Waals surface area contributed by atoms with Crippen molar-refractivity contribution in [3.63, 3.8) is 0 Å². The lowest BCUT2D eigenvalue weighted by atomic mass is 10.1. The Bertz CT molecular complexity index is 407. The fourth-order valence-electron chi connectivity index (χ4n) is 1.79. The van der Waals surface area contributed by atoms with Gasteiger partial charge >= 0.3 is 6.09 Å². The van der Waals surface area contributed by atoms with Gasteiger partial charge in [-0.2, -0.15) is 0 Å². The number of rotatable bonds is 3. The van der Waals surface area contributed by atoms with Crippen molar-refractivity contribution >= 4 is 17.1 Å². The smallest absolute Gasteiger partial charge is 0.422 e. The summed E-state index contributed by atoms with van der Waals surface area (Å²) >= 11 is 0. The van der Waals surface area contributed by atoms with E-state index in [2.05, 4.69) is 0 Å². The average molecular weight is 239 g/mol. The molecule has 5 heteroatoms. The molecule has 2 atom stereocenters. The van der Waals surface area contributed by atoms with Gasteiger partial charge < -0.3 is 4.74 Å². The third kappa shape index (κ3) is 2.24. The summed E-state index contributed by atoms with van der Waals surface area (Å²) in [5.41, 5.74) is 1.11. The Hall–Kier alpha value is -1.36. The van der Waals surface area contributed by atoms with Gasteiger partial charge in [0.25, 0.3) is 0 Å². The highest BCUT2D eigenvalue weighted by atomic mass is 32.2. The first-order chi connectivity index (χ1) is 7.68. The van der Waals surface area contributed by atoms with Crippen LogP contribution in [-0.2, 0) is 22.1 Å². The standard InChI is InChI=1S/C11H13NO3S/c1-16(14)12-10(8-15-11(12)13)7-9-5-3-2-4-6-9/h2-6,10H,7-8H2,1H3/t10-,16?/m0/s1. The Morgan fingerprint density at radius 1 is 1.44 bits per heavy atom. The van der Waals surface area contributed by atoms with Gasteiger partial charge in [-0.15, -0.1) is 0 Å². The molecule has 0 aliphatic carbocycles. The van der Waals surface area contributed by atoms with E-state index >= 15 is 0 Å². The zero-order valence-electron chi connectivity index (χ0n) is 8.96. The Morgan fingerprint density at radius 3 is 2.75 bits per heavy atom. The van der Waals surface area contributed by atoms with Crippen LogP contribution in [-0.4, -0.2) is 33.5 Å². The number of hydrogen-bond donors (Lipinski definition) is 0. The molecule has 2 rings (SSSR count). The van der Waals surface area contributed by atoms with Gasteiger partial charge in [-0.05, 0) is 12.0 Å². The molecule has 1 unspecified atom stereocenters. The number of hydrogen-bond acceptors (Lipinski definition) is 3. The second kappa shape index (κ2) is 4.65. The third-order valence-electron chi connectivity index (χ3n) is 2.50. The minimum atomic E-state index is -1.32. The van der Waals surface area contributed by atoms with E-state index in [0.717, 1.165) is 5.56 Å². The topological polar surface area (TPSA) is 46.6 Å². The molecule has 0 bridgehead atoms. The maximum atomic E-state index is 11.4. The van der Waals surface area contributed by atoms with Crippen LogP contribution in [0.4, 0.5) is 4.79 Å². The highest BCUT2D eigenvalue weighted by molar-refractivity contribution is 7.82. The molecule has 1 heterocycles. The van der Waals surface area contributed by atoms with Crippen molar-refractivity contribution in [2.75, 3.05) is 12.9 Å². The van der Waals surface area contributed by atoms with E-state index in [1.165, 1.54) is 10.6 Å². The molecule has 1 aromatic carbocycles. The maximum Gasteiger partial charge on any atom is 0.422 e. The lowest BCUT2D eigenvalue weighted by Crippen LogP contribution is -2.35. The van der Waals surface area contributed by atoms with Gasteiger partial charge in [-0.1, -0.05) is 30.3 Å².